The molecule has 2 rings (SSSR count). The third kappa shape index (κ3) is 3.24. The predicted molar refractivity (Wildman–Crippen MR) is 79.9 cm³/mol. The summed E-state index contributed by atoms with van der Waals surface area (Å²) in [6.45, 7) is 4.23. The van der Waals surface area contributed by atoms with Crippen LogP contribution in [0.4, 0.5) is 0 Å². The summed E-state index contributed by atoms with van der Waals surface area (Å²) in [6, 6.07) is 3.50. The largest absolute Gasteiger partial charge is 0.326 e. The first kappa shape index (κ1) is 15.1. The molecule has 1 aromatic carbocycles. The first-order valence-corrected chi connectivity index (χ1v) is 8.48. The lowest BCUT2D eigenvalue weighted by Crippen LogP contribution is -2.24. The van der Waals surface area contributed by atoms with E-state index in [0.717, 1.165) is 16.1 Å². The Bertz CT molecular complexity index is 695. The van der Waals surface area contributed by atoms with Gasteiger partial charge in [0, 0.05) is 18.1 Å². The summed E-state index contributed by atoms with van der Waals surface area (Å²) < 4.78 is 27.3. The van der Waals surface area contributed by atoms with Gasteiger partial charge in [-0.15, -0.1) is 11.3 Å². The molecule has 0 aliphatic rings. The normalized spacial score (nSPS) is 11.8. The van der Waals surface area contributed by atoms with E-state index in [4.69, 9.17) is 5.73 Å². The summed E-state index contributed by atoms with van der Waals surface area (Å²) in [5, 5.41) is 2.55. The highest BCUT2D eigenvalue weighted by Gasteiger charge is 2.18. The molecule has 2 aromatic rings. The van der Waals surface area contributed by atoms with Gasteiger partial charge in [-0.1, -0.05) is 6.07 Å². The Morgan fingerprint density at radius 2 is 2.05 bits per heavy atom. The fourth-order valence-electron chi connectivity index (χ4n) is 1.96. The van der Waals surface area contributed by atoms with Crippen LogP contribution in [0.15, 0.2) is 28.6 Å². The van der Waals surface area contributed by atoms with Crippen molar-refractivity contribution >= 4 is 21.4 Å². The van der Waals surface area contributed by atoms with Gasteiger partial charge in [-0.25, -0.2) is 18.1 Å². The van der Waals surface area contributed by atoms with E-state index in [1.165, 1.54) is 11.3 Å². The summed E-state index contributed by atoms with van der Waals surface area (Å²) in [6.07, 6.45) is 1.65. The van der Waals surface area contributed by atoms with Gasteiger partial charge in [0.15, 0.2) is 0 Å². The Balaban J connectivity index is 2.29. The second-order valence-electron chi connectivity index (χ2n) is 4.50. The SMILES string of the molecule is Cc1cc(C)c(S(=O)(=O)NCc2nccs2)cc1CN. The van der Waals surface area contributed by atoms with E-state index in [0.29, 0.717) is 12.1 Å². The number of benzene rings is 1. The molecule has 0 amide bonds. The first-order valence-electron chi connectivity index (χ1n) is 6.12. The maximum atomic E-state index is 12.4. The van der Waals surface area contributed by atoms with Crippen molar-refractivity contribution in [3.8, 4) is 0 Å². The maximum Gasteiger partial charge on any atom is 0.241 e. The van der Waals surface area contributed by atoms with Crippen molar-refractivity contribution in [1.29, 1.82) is 0 Å². The van der Waals surface area contributed by atoms with E-state index >= 15 is 0 Å². The van der Waals surface area contributed by atoms with Crippen molar-refractivity contribution in [2.24, 2.45) is 5.73 Å². The number of hydrogen-bond acceptors (Lipinski definition) is 5. The Morgan fingerprint density at radius 3 is 2.65 bits per heavy atom. The minimum absolute atomic E-state index is 0.200. The molecule has 0 aliphatic heterocycles. The minimum Gasteiger partial charge on any atom is -0.326 e. The van der Waals surface area contributed by atoms with Gasteiger partial charge in [-0.3, -0.25) is 0 Å². The van der Waals surface area contributed by atoms with Crippen molar-refractivity contribution in [3.05, 3.63) is 45.4 Å². The van der Waals surface area contributed by atoms with Crippen molar-refractivity contribution in [3.63, 3.8) is 0 Å². The Labute approximate surface area is 122 Å². The molecule has 0 atom stereocenters. The Hall–Kier alpha value is -1.28. The minimum atomic E-state index is -3.56. The molecular formula is C13H17N3O2S2. The molecule has 1 heterocycles. The quantitative estimate of drug-likeness (QED) is 0.880. The van der Waals surface area contributed by atoms with Crippen LogP contribution < -0.4 is 10.5 Å². The molecule has 0 fully saturated rings. The summed E-state index contributed by atoms with van der Waals surface area (Å²) in [7, 11) is -3.56. The highest BCUT2D eigenvalue weighted by molar-refractivity contribution is 7.89. The van der Waals surface area contributed by atoms with Crippen LogP contribution in [-0.2, 0) is 23.1 Å². The van der Waals surface area contributed by atoms with Gasteiger partial charge in [-0.05, 0) is 36.6 Å². The van der Waals surface area contributed by atoms with E-state index < -0.39 is 10.0 Å². The standard InChI is InChI=1S/C13H17N3O2S2/c1-9-5-10(2)12(6-11(9)7-14)20(17,18)16-8-13-15-3-4-19-13/h3-6,16H,7-8,14H2,1-2H3. The van der Waals surface area contributed by atoms with Crippen LogP contribution in [0.2, 0.25) is 0 Å². The van der Waals surface area contributed by atoms with E-state index in [2.05, 4.69) is 9.71 Å². The summed E-state index contributed by atoms with van der Waals surface area (Å²) in [5.41, 5.74) is 8.20. The van der Waals surface area contributed by atoms with Crippen LogP contribution in [0.25, 0.3) is 0 Å². The molecule has 108 valence electrons. The van der Waals surface area contributed by atoms with Gasteiger partial charge in [0.25, 0.3) is 0 Å². The van der Waals surface area contributed by atoms with E-state index in [1.54, 1.807) is 19.2 Å². The molecule has 0 aliphatic carbocycles. The van der Waals surface area contributed by atoms with Crippen LogP contribution in [0.3, 0.4) is 0 Å². The molecule has 0 saturated carbocycles. The number of hydrogen-bond donors (Lipinski definition) is 2. The molecule has 3 N–H and O–H groups in total. The first-order chi connectivity index (χ1) is 9.44. The predicted octanol–water partition coefficient (Wildman–Crippen LogP) is 1.70. The van der Waals surface area contributed by atoms with Crippen molar-refractivity contribution in [2.45, 2.75) is 31.8 Å². The highest BCUT2D eigenvalue weighted by Crippen LogP contribution is 2.20. The van der Waals surface area contributed by atoms with E-state index in [-0.39, 0.29) is 11.4 Å². The Morgan fingerprint density at radius 1 is 1.30 bits per heavy atom. The highest BCUT2D eigenvalue weighted by atomic mass is 32.2. The number of aromatic nitrogens is 1. The lowest BCUT2D eigenvalue weighted by molar-refractivity contribution is 0.580. The molecule has 7 heteroatoms. The fraction of sp³-hybridized carbons (Fsp3) is 0.308. The summed E-state index contributed by atoms with van der Waals surface area (Å²) in [4.78, 5) is 4.33. The van der Waals surface area contributed by atoms with Gasteiger partial charge in [-0.2, -0.15) is 0 Å². The van der Waals surface area contributed by atoms with Crippen LogP contribution in [-0.4, -0.2) is 13.4 Å². The number of rotatable bonds is 5. The van der Waals surface area contributed by atoms with Crippen LogP contribution in [0.5, 0.6) is 0 Å². The Kier molecular flexibility index (Phi) is 4.54. The second-order valence-corrected chi connectivity index (χ2v) is 7.21. The smallest absolute Gasteiger partial charge is 0.241 e. The van der Waals surface area contributed by atoms with Gasteiger partial charge in [0.05, 0.1) is 11.4 Å². The molecule has 20 heavy (non-hydrogen) atoms. The van der Waals surface area contributed by atoms with Crippen LogP contribution in [0.1, 0.15) is 21.7 Å². The number of aryl methyl sites for hydroxylation is 2. The molecule has 0 unspecified atom stereocenters. The molecule has 0 radical (unpaired) electrons. The third-order valence-electron chi connectivity index (χ3n) is 3.04. The summed E-state index contributed by atoms with van der Waals surface area (Å²) in [5.74, 6) is 0. The number of nitrogens with one attached hydrogen (secondary N) is 1. The average molecular weight is 311 g/mol. The van der Waals surface area contributed by atoms with Crippen molar-refractivity contribution < 1.29 is 8.42 Å². The third-order valence-corrected chi connectivity index (χ3v) is 5.36. The summed E-state index contributed by atoms with van der Waals surface area (Å²) >= 11 is 1.42. The molecule has 0 bridgehead atoms. The fourth-order valence-corrected chi connectivity index (χ4v) is 3.87. The molecule has 5 nitrogen and oxygen atoms in total. The van der Waals surface area contributed by atoms with Gasteiger partial charge in [0.2, 0.25) is 10.0 Å². The van der Waals surface area contributed by atoms with Gasteiger partial charge >= 0.3 is 0 Å². The molecule has 1 aromatic heterocycles. The monoisotopic (exact) mass is 311 g/mol. The molecule has 0 spiro atoms. The molecule has 0 saturated heterocycles. The number of sulfonamides is 1. The van der Waals surface area contributed by atoms with Crippen LogP contribution in [0, 0.1) is 13.8 Å². The van der Waals surface area contributed by atoms with Crippen LogP contribution >= 0.6 is 11.3 Å². The van der Waals surface area contributed by atoms with E-state index in [9.17, 15) is 8.42 Å². The van der Waals surface area contributed by atoms with Gasteiger partial charge < -0.3 is 5.73 Å². The molecular weight excluding hydrogens is 294 g/mol. The second kappa shape index (κ2) is 6.01. The zero-order valence-corrected chi connectivity index (χ0v) is 13.0. The van der Waals surface area contributed by atoms with E-state index in [1.807, 2.05) is 18.4 Å². The topological polar surface area (TPSA) is 85.1 Å². The zero-order chi connectivity index (χ0) is 14.8. The lowest BCUT2D eigenvalue weighted by atomic mass is 10.1. The lowest BCUT2D eigenvalue weighted by Gasteiger charge is -2.12. The van der Waals surface area contributed by atoms with Crippen molar-refractivity contribution in [1.82, 2.24) is 9.71 Å². The van der Waals surface area contributed by atoms with Gasteiger partial charge in [0.1, 0.15) is 5.01 Å². The number of nitrogens with two attached hydrogens (primary N) is 1. The zero-order valence-electron chi connectivity index (χ0n) is 11.4. The number of thiazole rings is 1. The maximum absolute atomic E-state index is 12.4. The number of nitrogens with zero attached hydrogens (tertiary/aromatic N) is 1. The van der Waals surface area contributed by atoms with Crippen molar-refractivity contribution in [2.75, 3.05) is 0 Å². The average Bonchev–Trinajstić information content (AvgIpc) is 2.89.